The first-order valence-electron chi connectivity index (χ1n) is 5.61. The van der Waals surface area contributed by atoms with Gasteiger partial charge in [-0.2, -0.15) is 5.26 Å². The monoisotopic (exact) mass is 268 g/mol. The Labute approximate surface area is 107 Å². The van der Waals surface area contributed by atoms with E-state index in [4.69, 9.17) is 10.00 Å². The van der Waals surface area contributed by atoms with Crippen molar-refractivity contribution >= 4 is 15.7 Å². The van der Waals surface area contributed by atoms with Gasteiger partial charge in [0, 0.05) is 6.07 Å². The van der Waals surface area contributed by atoms with Gasteiger partial charge in [-0.3, -0.25) is 4.72 Å². The van der Waals surface area contributed by atoms with Crippen molar-refractivity contribution in [2.24, 2.45) is 0 Å². The molecular weight excluding hydrogens is 252 g/mol. The van der Waals surface area contributed by atoms with Gasteiger partial charge in [0.1, 0.15) is 5.75 Å². The van der Waals surface area contributed by atoms with Crippen LogP contribution in [0.3, 0.4) is 0 Å². The second-order valence-corrected chi connectivity index (χ2v) is 5.61. The molecule has 0 heterocycles. The standard InChI is InChI=1S/C12H16N2O3S/c1-3-10(2)17-12-6-4-5-11(9-12)14-18(15,16)8-7-13/h4-6,9-10,14H,3,8H2,1-2H3. The summed E-state index contributed by atoms with van der Waals surface area (Å²) in [4.78, 5) is 0. The van der Waals surface area contributed by atoms with Crippen LogP contribution in [0.1, 0.15) is 20.3 Å². The fraction of sp³-hybridized carbons (Fsp3) is 0.417. The summed E-state index contributed by atoms with van der Waals surface area (Å²) in [6, 6.07) is 8.26. The van der Waals surface area contributed by atoms with E-state index in [1.54, 1.807) is 30.3 Å². The number of nitrogens with one attached hydrogen (secondary N) is 1. The average Bonchev–Trinajstić information content (AvgIpc) is 2.28. The Morgan fingerprint density at radius 3 is 2.83 bits per heavy atom. The van der Waals surface area contributed by atoms with Crippen LogP contribution < -0.4 is 9.46 Å². The Bertz CT molecular complexity index is 534. The molecule has 98 valence electrons. The molecule has 1 N–H and O–H groups in total. The van der Waals surface area contributed by atoms with Gasteiger partial charge < -0.3 is 4.74 Å². The number of anilines is 1. The number of hydrogen-bond donors (Lipinski definition) is 1. The van der Waals surface area contributed by atoms with Crippen LogP contribution in [0.5, 0.6) is 5.75 Å². The number of benzene rings is 1. The minimum Gasteiger partial charge on any atom is -0.491 e. The van der Waals surface area contributed by atoms with Crippen molar-refractivity contribution in [1.29, 1.82) is 5.26 Å². The number of sulfonamides is 1. The molecule has 1 atom stereocenters. The van der Waals surface area contributed by atoms with Crippen LogP contribution in [0.25, 0.3) is 0 Å². The maximum absolute atomic E-state index is 11.4. The fourth-order valence-electron chi connectivity index (χ4n) is 1.25. The molecule has 5 nitrogen and oxygen atoms in total. The normalized spacial score (nSPS) is 12.5. The fourth-order valence-corrected chi connectivity index (χ4v) is 1.98. The molecule has 0 bridgehead atoms. The molecule has 0 aliphatic carbocycles. The first-order chi connectivity index (χ1) is 8.46. The molecule has 0 aromatic heterocycles. The van der Waals surface area contributed by atoms with Crippen molar-refractivity contribution in [3.05, 3.63) is 24.3 Å². The Balaban J connectivity index is 2.80. The summed E-state index contributed by atoms with van der Waals surface area (Å²) in [5, 5.41) is 8.39. The van der Waals surface area contributed by atoms with E-state index in [1.165, 1.54) is 0 Å². The van der Waals surface area contributed by atoms with E-state index in [1.807, 2.05) is 13.8 Å². The van der Waals surface area contributed by atoms with E-state index < -0.39 is 15.8 Å². The largest absolute Gasteiger partial charge is 0.491 e. The van der Waals surface area contributed by atoms with Crippen molar-refractivity contribution in [2.45, 2.75) is 26.4 Å². The highest BCUT2D eigenvalue weighted by Gasteiger charge is 2.10. The molecule has 0 aliphatic rings. The molecule has 0 amide bonds. The van der Waals surface area contributed by atoms with Gasteiger partial charge >= 0.3 is 0 Å². The minimum atomic E-state index is -3.60. The molecule has 1 aromatic rings. The first kappa shape index (κ1) is 14.3. The summed E-state index contributed by atoms with van der Waals surface area (Å²) in [5.41, 5.74) is 0.394. The molecule has 0 saturated carbocycles. The van der Waals surface area contributed by atoms with Crippen LogP contribution in [0.2, 0.25) is 0 Å². The zero-order chi connectivity index (χ0) is 13.6. The third-order valence-corrected chi connectivity index (χ3v) is 3.33. The number of nitriles is 1. The summed E-state index contributed by atoms with van der Waals surface area (Å²) < 4.78 is 30.7. The number of nitrogens with zero attached hydrogens (tertiary/aromatic N) is 1. The number of ether oxygens (including phenoxy) is 1. The SMILES string of the molecule is CCC(C)Oc1cccc(NS(=O)(=O)CC#N)c1. The van der Waals surface area contributed by atoms with Gasteiger partial charge in [0.05, 0.1) is 17.9 Å². The number of rotatable bonds is 6. The molecule has 1 unspecified atom stereocenters. The first-order valence-corrected chi connectivity index (χ1v) is 7.26. The van der Waals surface area contributed by atoms with E-state index in [2.05, 4.69) is 4.72 Å². The van der Waals surface area contributed by atoms with Gasteiger partial charge in [0.2, 0.25) is 10.0 Å². The van der Waals surface area contributed by atoms with Crippen molar-refractivity contribution < 1.29 is 13.2 Å². The Hall–Kier alpha value is -1.74. The summed E-state index contributed by atoms with van der Waals surface area (Å²) >= 11 is 0. The lowest BCUT2D eigenvalue weighted by atomic mass is 10.3. The minimum absolute atomic E-state index is 0.0657. The zero-order valence-electron chi connectivity index (χ0n) is 10.4. The third kappa shape index (κ3) is 4.63. The lowest BCUT2D eigenvalue weighted by molar-refractivity contribution is 0.217. The van der Waals surface area contributed by atoms with Crippen molar-refractivity contribution in [1.82, 2.24) is 0 Å². The van der Waals surface area contributed by atoms with Crippen LogP contribution in [-0.2, 0) is 10.0 Å². The van der Waals surface area contributed by atoms with Gasteiger partial charge in [-0.05, 0) is 25.5 Å². The molecule has 0 aliphatic heterocycles. The van der Waals surface area contributed by atoms with Crippen LogP contribution in [-0.4, -0.2) is 20.3 Å². The second-order valence-electron chi connectivity index (χ2n) is 3.88. The van der Waals surface area contributed by atoms with E-state index in [9.17, 15) is 8.42 Å². The maximum Gasteiger partial charge on any atom is 0.246 e. The molecule has 1 aromatic carbocycles. The Morgan fingerprint density at radius 2 is 2.22 bits per heavy atom. The van der Waals surface area contributed by atoms with Crippen LogP contribution in [0, 0.1) is 11.3 Å². The van der Waals surface area contributed by atoms with E-state index in [0.29, 0.717) is 11.4 Å². The second kappa shape index (κ2) is 6.26. The van der Waals surface area contributed by atoms with Crippen LogP contribution in [0.4, 0.5) is 5.69 Å². The highest BCUT2D eigenvalue weighted by molar-refractivity contribution is 7.92. The van der Waals surface area contributed by atoms with E-state index in [0.717, 1.165) is 6.42 Å². The molecule has 0 saturated heterocycles. The van der Waals surface area contributed by atoms with Gasteiger partial charge in [-0.1, -0.05) is 13.0 Å². The van der Waals surface area contributed by atoms with Gasteiger partial charge in [-0.25, -0.2) is 8.42 Å². The predicted molar refractivity (Wildman–Crippen MR) is 69.8 cm³/mol. The molecule has 0 fully saturated rings. The molecule has 6 heteroatoms. The maximum atomic E-state index is 11.4. The van der Waals surface area contributed by atoms with Crippen molar-refractivity contribution in [3.63, 3.8) is 0 Å². The van der Waals surface area contributed by atoms with Crippen LogP contribution >= 0.6 is 0 Å². The van der Waals surface area contributed by atoms with Gasteiger partial charge in [0.25, 0.3) is 0 Å². The lowest BCUT2D eigenvalue weighted by Gasteiger charge is -2.13. The summed E-state index contributed by atoms with van der Waals surface area (Å²) in [7, 11) is -3.60. The van der Waals surface area contributed by atoms with Crippen molar-refractivity contribution in [3.8, 4) is 11.8 Å². The van der Waals surface area contributed by atoms with Crippen LogP contribution in [0.15, 0.2) is 24.3 Å². The highest BCUT2D eigenvalue weighted by atomic mass is 32.2. The lowest BCUT2D eigenvalue weighted by Crippen LogP contribution is -2.15. The Morgan fingerprint density at radius 1 is 1.50 bits per heavy atom. The zero-order valence-corrected chi connectivity index (χ0v) is 11.2. The highest BCUT2D eigenvalue weighted by Crippen LogP contribution is 2.20. The van der Waals surface area contributed by atoms with E-state index in [-0.39, 0.29) is 6.10 Å². The quantitative estimate of drug-likeness (QED) is 0.857. The molecule has 0 spiro atoms. The summed E-state index contributed by atoms with van der Waals surface area (Å²) in [6.07, 6.45) is 0.931. The Kier molecular flexibility index (Phi) is 4.98. The third-order valence-electron chi connectivity index (χ3n) is 2.27. The topological polar surface area (TPSA) is 79.2 Å². The summed E-state index contributed by atoms with van der Waals surface area (Å²) in [6.45, 7) is 3.94. The molecule has 18 heavy (non-hydrogen) atoms. The average molecular weight is 268 g/mol. The summed E-state index contributed by atoms with van der Waals surface area (Å²) in [5.74, 6) is 0.0326. The molecular formula is C12H16N2O3S. The number of hydrogen-bond acceptors (Lipinski definition) is 4. The predicted octanol–water partition coefficient (Wildman–Crippen LogP) is 2.13. The molecule has 0 radical (unpaired) electrons. The van der Waals surface area contributed by atoms with Gasteiger partial charge in [0.15, 0.2) is 5.75 Å². The van der Waals surface area contributed by atoms with Crippen molar-refractivity contribution in [2.75, 3.05) is 10.5 Å². The van der Waals surface area contributed by atoms with E-state index >= 15 is 0 Å². The van der Waals surface area contributed by atoms with Gasteiger partial charge in [-0.15, -0.1) is 0 Å². The smallest absolute Gasteiger partial charge is 0.246 e. The molecule has 1 rings (SSSR count).